The lowest BCUT2D eigenvalue weighted by molar-refractivity contribution is -0.858. The van der Waals surface area contributed by atoms with Crippen LogP contribution in [-0.2, 0) is 9.53 Å². The molecule has 0 aromatic heterocycles. The molecule has 0 aliphatic rings. The number of nitrogens with zero attached hydrogens (tertiary/aromatic N) is 1. The van der Waals surface area contributed by atoms with Crippen LogP contribution in [0.5, 0.6) is 0 Å². The van der Waals surface area contributed by atoms with Crippen LogP contribution in [-0.4, -0.2) is 42.7 Å². The molecular weight excluding hydrogens is 239 g/mol. The van der Waals surface area contributed by atoms with Crippen molar-refractivity contribution in [3.63, 3.8) is 0 Å². The van der Waals surface area contributed by atoms with E-state index in [0.29, 0.717) is 6.61 Å². The number of ether oxygens (including phenoxy) is 1. The van der Waals surface area contributed by atoms with Crippen molar-refractivity contribution in [2.45, 2.75) is 25.8 Å². The van der Waals surface area contributed by atoms with Crippen molar-refractivity contribution in [2.75, 3.05) is 27.2 Å². The lowest BCUT2D eigenvalue weighted by Crippen LogP contribution is -3.06. The molecule has 4 nitrogen and oxygen atoms in total. The van der Waals surface area contributed by atoms with Gasteiger partial charge in [0.05, 0.1) is 26.1 Å². The van der Waals surface area contributed by atoms with E-state index >= 15 is 0 Å². The van der Waals surface area contributed by atoms with Crippen molar-refractivity contribution in [3.8, 4) is 0 Å². The van der Waals surface area contributed by atoms with E-state index in [0.717, 1.165) is 10.5 Å². The Hall–Kier alpha value is -0.0300. The molecule has 0 unspecified atom stereocenters. The molecule has 0 aromatic carbocycles. The highest BCUT2D eigenvalue weighted by Gasteiger charge is 2.28. The summed E-state index contributed by atoms with van der Waals surface area (Å²) in [4.78, 5) is 12.6. The number of hydrogen-bond acceptors (Lipinski definition) is 3. The molecule has 0 saturated heterocycles. The number of rotatable bonds is 6. The number of nitrogens with one attached hydrogen (secondary N) is 1. The molecule has 0 saturated carbocycles. The Morgan fingerprint density at radius 2 is 1.93 bits per heavy atom. The van der Waals surface area contributed by atoms with Gasteiger partial charge in [-0.2, -0.15) is 0 Å². The maximum absolute atomic E-state index is 11.4. The highest BCUT2D eigenvalue weighted by atomic mass is 35.5. The van der Waals surface area contributed by atoms with Gasteiger partial charge in [-0.25, -0.2) is 0 Å². The van der Waals surface area contributed by atoms with Crippen LogP contribution in [0, 0.1) is 0 Å². The van der Waals surface area contributed by atoms with Gasteiger partial charge in [-0.1, -0.05) is 0 Å². The first-order valence-corrected chi connectivity index (χ1v) is 5.50. The Morgan fingerprint density at radius 1 is 1.40 bits per heavy atom. The van der Waals surface area contributed by atoms with Crippen molar-refractivity contribution < 1.29 is 14.4 Å². The Bertz CT molecular complexity index is 208. The van der Waals surface area contributed by atoms with E-state index < -0.39 is 5.54 Å². The predicted octanol–water partition coefficient (Wildman–Crippen LogP) is 0.452. The highest BCUT2D eigenvalue weighted by molar-refractivity contribution is 6.34. The van der Waals surface area contributed by atoms with Gasteiger partial charge in [-0.15, -0.1) is 3.94 Å². The number of carbonyl (C=O) groups excluding carboxylic acids is 1. The smallest absolute Gasteiger partial charge is 0.307 e. The number of halogens is 2. The monoisotopic (exact) mass is 257 g/mol. The zero-order chi connectivity index (χ0) is 12.1. The van der Waals surface area contributed by atoms with E-state index in [1.807, 2.05) is 14.1 Å². The Kier molecular flexibility index (Phi) is 6.52. The SMILES string of the molecule is C[NH+](C)CCOC(=O)CC(C)(C)N(Cl)Cl. The summed E-state index contributed by atoms with van der Waals surface area (Å²) in [6.45, 7) is 4.75. The minimum Gasteiger partial charge on any atom is -0.460 e. The maximum Gasteiger partial charge on any atom is 0.307 e. The Balaban J connectivity index is 3.84. The van der Waals surface area contributed by atoms with Gasteiger partial charge in [-0.3, -0.25) is 4.79 Å². The van der Waals surface area contributed by atoms with E-state index in [1.54, 1.807) is 13.8 Å². The lowest BCUT2D eigenvalue weighted by atomic mass is 10.0. The molecule has 0 rings (SSSR count). The van der Waals surface area contributed by atoms with E-state index in [4.69, 9.17) is 28.3 Å². The zero-order valence-corrected chi connectivity index (χ0v) is 11.2. The van der Waals surface area contributed by atoms with Crippen molar-refractivity contribution >= 4 is 29.5 Å². The van der Waals surface area contributed by atoms with Crippen molar-refractivity contribution in [1.29, 1.82) is 0 Å². The molecule has 0 aliphatic carbocycles. The summed E-state index contributed by atoms with van der Waals surface area (Å²) >= 11 is 11.2. The van der Waals surface area contributed by atoms with E-state index in [9.17, 15) is 4.79 Å². The first kappa shape index (κ1) is 15.0. The quantitative estimate of drug-likeness (QED) is 0.555. The second kappa shape index (κ2) is 6.53. The van der Waals surface area contributed by atoms with Crippen LogP contribution in [0.1, 0.15) is 20.3 Å². The fraction of sp³-hybridized carbons (Fsp3) is 0.889. The van der Waals surface area contributed by atoms with Crippen LogP contribution in [0.3, 0.4) is 0 Å². The van der Waals surface area contributed by atoms with Crippen LogP contribution in [0.25, 0.3) is 0 Å². The summed E-state index contributed by atoms with van der Waals surface area (Å²) in [6, 6.07) is 0. The summed E-state index contributed by atoms with van der Waals surface area (Å²) in [6.07, 6.45) is 0.169. The molecule has 0 aromatic rings. The van der Waals surface area contributed by atoms with Crippen molar-refractivity contribution in [3.05, 3.63) is 0 Å². The molecule has 1 N–H and O–H groups in total. The summed E-state index contributed by atoms with van der Waals surface area (Å²) in [5, 5.41) is 0. The molecule has 90 valence electrons. The van der Waals surface area contributed by atoms with Gasteiger partial charge < -0.3 is 9.64 Å². The fourth-order valence-corrected chi connectivity index (χ4v) is 0.953. The normalized spacial score (nSPS) is 12.3. The maximum atomic E-state index is 11.4. The molecule has 0 bridgehead atoms. The first-order valence-electron chi connectivity index (χ1n) is 4.82. The summed E-state index contributed by atoms with van der Waals surface area (Å²) in [5.41, 5.74) is -0.606. The molecule has 0 atom stereocenters. The topological polar surface area (TPSA) is 34.0 Å². The second-order valence-electron chi connectivity index (χ2n) is 4.40. The zero-order valence-electron chi connectivity index (χ0n) is 9.64. The lowest BCUT2D eigenvalue weighted by Gasteiger charge is -2.26. The third-order valence-corrected chi connectivity index (χ3v) is 2.81. The number of carbonyl (C=O) groups is 1. The minimum atomic E-state index is -0.606. The van der Waals surface area contributed by atoms with E-state index in [-0.39, 0.29) is 12.4 Å². The molecule has 0 spiro atoms. The fourth-order valence-electron chi connectivity index (χ4n) is 0.833. The average Bonchev–Trinajstić information content (AvgIpc) is 2.01. The summed E-state index contributed by atoms with van der Waals surface area (Å²) in [5.74, 6) is -0.285. The number of hydrogen-bond donors (Lipinski definition) is 1. The molecule has 0 radical (unpaired) electrons. The Labute approximate surface area is 101 Å². The average molecular weight is 258 g/mol. The highest BCUT2D eigenvalue weighted by Crippen LogP contribution is 2.23. The van der Waals surface area contributed by atoms with Crippen LogP contribution >= 0.6 is 23.6 Å². The number of likely N-dealkylation sites (N-methyl/N-ethyl adjacent to an activating group) is 1. The number of esters is 1. The predicted molar refractivity (Wildman–Crippen MR) is 60.9 cm³/mol. The standard InChI is InChI=1S/C9H18Cl2N2O2/c1-9(2,13(10)11)7-8(14)15-6-5-12(3)4/h5-7H2,1-4H3/p+1. The van der Waals surface area contributed by atoms with Crippen molar-refractivity contribution in [1.82, 2.24) is 3.94 Å². The molecule has 0 fully saturated rings. The molecule has 15 heavy (non-hydrogen) atoms. The van der Waals surface area contributed by atoms with Crippen LogP contribution in [0.4, 0.5) is 0 Å². The Morgan fingerprint density at radius 3 is 2.33 bits per heavy atom. The molecule has 0 heterocycles. The second-order valence-corrected chi connectivity index (χ2v) is 5.25. The minimum absolute atomic E-state index is 0.169. The van der Waals surface area contributed by atoms with Gasteiger partial charge in [0.25, 0.3) is 0 Å². The molecular formula is C9H19Cl2N2O2+. The third-order valence-electron chi connectivity index (χ3n) is 1.90. The first-order chi connectivity index (χ1) is 6.75. The molecule has 0 amide bonds. The third kappa shape index (κ3) is 6.95. The van der Waals surface area contributed by atoms with Crippen LogP contribution in [0.2, 0.25) is 0 Å². The van der Waals surface area contributed by atoms with Crippen LogP contribution in [0.15, 0.2) is 0 Å². The van der Waals surface area contributed by atoms with Gasteiger partial charge in [-0.05, 0) is 37.4 Å². The van der Waals surface area contributed by atoms with Gasteiger partial charge in [0.2, 0.25) is 0 Å². The summed E-state index contributed by atoms with van der Waals surface area (Å²) < 4.78 is 6.01. The largest absolute Gasteiger partial charge is 0.460 e. The van der Waals surface area contributed by atoms with Crippen LogP contribution < -0.4 is 4.90 Å². The number of quaternary nitrogens is 1. The van der Waals surface area contributed by atoms with Gasteiger partial charge >= 0.3 is 5.97 Å². The van der Waals surface area contributed by atoms with E-state index in [1.165, 1.54) is 4.90 Å². The molecule has 6 heteroatoms. The van der Waals surface area contributed by atoms with Crippen molar-refractivity contribution in [2.24, 2.45) is 0 Å². The van der Waals surface area contributed by atoms with Gasteiger partial charge in [0.15, 0.2) is 0 Å². The van der Waals surface area contributed by atoms with Gasteiger partial charge in [0, 0.05) is 0 Å². The molecule has 0 aliphatic heterocycles. The van der Waals surface area contributed by atoms with E-state index in [2.05, 4.69) is 0 Å². The summed E-state index contributed by atoms with van der Waals surface area (Å²) in [7, 11) is 3.99. The van der Waals surface area contributed by atoms with Gasteiger partial charge in [0.1, 0.15) is 13.2 Å².